The van der Waals surface area contributed by atoms with Crippen LogP contribution in [-0.4, -0.2) is 27.4 Å². The summed E-state index contributed by atoms with van der Waals surface area (Å²) in [7, 11) is 1.59. The first-order valence-corrected chi connectivity index (χ1v) is 8.63. The zero-order chi connectivity index (χ0) is 19.3. The van der Waals surface area contributed by atoms with Gasteiger partial charge in [0, 0.05) is 18.5 Å². The number of benzene rings is 1. The maximum atomic E-state index is 12.3. The van der Waals surface area contributed by atoms with Crippen LogP contribution in [0.1, 0.15) is 22.1 Å². The molecule has 0 unspecified atom stereocenters. The second kappa shape index (κ2) is 7.83. The molecule has 28 heavy (non-hydrogen) atoms. The number of methoxy groups -OCH3 is 1. The second-order valence-electron chi connectivity index (χ2n) is 5.98. The molecular weight excluding hydrogens is 360 g/mol. The Bertz CT molecular complexity index is 1070. The first-order chi connectivity index (χ1) is 13.7. The number of aromatic nitrogens is 3. The molecule has 1 aromatic carbocycles. The molecule has 0 fully saturated rings. The number of hydrogen-bond acceptors (Lipinski definition) is 6. The second-order valence-corrected chi connectivity index (χ2v) is 5.98. The summed E-state index contributed by atoms with van der Waals surface area (Å²) in [5.41, 5.74) is 1.77. The summed E-state index contributed by atoms with van der Waals surface area (Å²) in [5.74, 6) is 1.28. The highest BCUT2D eigenvalue weighted by Gasteiger charge is 2.13. The Morgan fingerprint density at radius 1 is 1.18 bits per heavy atom. The van der Waals surface area contributed by atoms with Crippen LogP contribution < -0.4 is 14.8 Å². The Morgan fingerprint density at radius 2 is 2.07 bits per heavy atom. The highest BCUT2D eigenvalue weighted by atomic mass is 16.5. The van der Waals surface area contributed by atoms with Gasteiger partial charge in [0.05, 0.1) is 19.3 Å². The van der Waals surface area contributed by atoms with E-state index in [-0.39, 0.29) is 18.2 Å². The van der Waals surface area contributed by atoms with Crippen LogP contribution in [0.25, 0.3) is 5.65 Å². The van der Waals surface area contributed by atoms with E-state index in [0.717, 1.165) is 11.3 Å². The van der Waals surface area contributed by atoms with E-state index in [0.29, 0.717) is 23.9 Å². The predicted octanol–water partition coefficient (Wildman–Crippen LogP) is 2.84. The minimum Gasteiger partial charge on any atom is -0.497 e. The Labute approximate surface area is 160 Å². The van der Waals surface area contributed by atoms with E-state index in [1.807, 2.05) is 47.1 Å². The van der Waals surface area contributed by atoms with E-state index in [1.165, 1.54) is 6.26 Å². The van der Waals surface area contributed by atoms with Crippen molar-refractivity contribution in [3.8, 4) is 11.5 Å². The summed E-state index contributed by atoms with van der Waals surface area (Å²) >= 11 is 0. The summed E-state index contributed by atoms with van der Waals surface area (Å²) < 4.78 is 18.0. The number of rotatable bonds is 7. The fourth-order valence-corrected chi connectivity index (χ4v) is 2.65. The molecule has 0 saturated heterocycles. The lowest BCUT2D eigenvalue weighted by molar-refractivity contribution is 0.0945. The highest BCUT2D eigenvalue weighted by molar-refractivity contribution is 5.91. The predicted molar refractivity (Wildman–Crippen MR) is 100 cm³/mol. The molecule has 142 valence electrons. The summed E-state index contributed by atoms with van der Waals surface area (Å²) in [6.07, 6.45) is 5.08. The number of carbonyl (C=O) groups excluding carboxylic acids is 1. The smallest absolute Gasteiger partial charge is 0.273 e. The zero-order valence-electron chi connectivity index (χ0n) is 15.2. The molecule has 1 N–H and O–H groups in total. The van der Waals surface area contributed by atoms with Gasteiger partial charge in [-0.2, -0.15) is 0 Å². The molecule has 0 bridgehead atoms. The SMILES string of the molecule is COc1cccc(OCc2nc(C(=O)NCc3cn4ccccc4n3)co2)c1. The van der Waals surface area contributed by atoms with Crippen LogP contribution in [0.15, 0.2) is 65.5 Å². The van der Waals surface area contributed by atoms with Crippen LogP contribution in [0.2, 0.25) is 0 Å². The fourth-order valence-electron chi connectivity index (χ4n) is 2.65. The normalized spacial score (nSPS) is 10.8. The van der Waals surface area contributed by atoms with Crippen molar-refractivity contribution in [2.45, 2.75) is 13.2 Å². The van der Waals surface area contributed by atoms with E-state index in [9.17, 15) is 4.79 Å². The van der Waals surface area contributed by atoms with Gasteiger partial charge in [-0.25, -0.2) is 9.97 Å². The van der Waals surface area contributed by atoms with Gasteiger partial charge in [0.2, 0.25) is 5.89 Å². The molecule has 4 aromatic rings. The number of nitrogens with one attached hydrogen (secondary N) is 1. The van der Waals surface area contributed by atoms with Crippen LogP contribution in [-0.2, 0) is 13.2 Å². The first kappa shape index (κ1) is 17.6. The molecule has 0 radical (unpaired) electrons. The largest absolute Gasteiger partial charge is 0.497 e. The van der Waals surface area contributed by atoms with Gasteiger partial charge in [0.1, 0.15) is 23.4 Å². The van der Waals surface area contributed by atoms with Crippen LogP contribution in [0.5, 0.6) is 11.5 Å². The lowest BCUT2D eigenvalue weighted by atomic mass is 10.3. The summed E-state index contributed by atoms with van der Waals surface area (Å²) in [4.78, 5) is 20.9. The first-order valence-electron chi connectivity index (χ1n) is 8.63. The van der Waals surface area contributed by atoms with Crippen LogP contribution in [0.3, 0.4) is 0 Å². The summed E-state index contributed by atoms with van der Waals surface area (Å²) in [6.45, 7) is 0.399. The van der Waals surface area contributed by atoms with Crippen molar-refractivity contribution in [3.05, 3.63) is 78.4 Å². The third-order valence-electron chi connectivity index (χ3n) is 4.03. The lowest BCUT2D eigenvalue weighted by Gasteiger charge is -2.05. The van der Waals surface area contributed by atoms with E-state index in [1.54, 1.807) is 19.2 Å². The van der Waals surface area contributed by atoms with Crippen molar-refractivity contribution < 1.29 is 18.7 Å². The van der Waals surface area contributed by atoms with Crippen molar-refractivity contribution in [1.82, 2.24) is 19.7 Å². The van der Waals surface area contributed by atoms with Crippen molar-refractivity contribution >= 4 is 11.6 Å². The van der Waals surface area contributed by atoms with Gasteiger partial charge in [-0.05, 0) is 24.3 Å². The minimum absolute atomic E-state index is 0.104. The number of pyridine rings is 1. The van der Waals surface area contributed by atoms with E-state index >= 15 is 0 Å². The number of ether oxygens (including phenoxy) is 2. The Morgan fingerprint density at radius 3 is 2.93 bits per heavy atom. The van der Waals surface area contributed by atoms with E-state index in [4.69, 9.17) is 13.9 Å². The van der Waals surface area contributed by atoms with Gasteiger partial charge in [0.25, 0.3) is 5.91 Å². The maximum absolute atomic E-state index is 12.3. The monoisotopic (exact) mass is 378 g/mol. The molecule has 4 rings (SSSR count). The van der Waals surface area contributed by atoms with Gasteiger partial charge in [-0.1, -0.05) is 12.1 Å². The molecule has 0 aliphatic carbocycles. The highest BCUT2D eigenvalue weighted by Crippen LogP contribution is 2.19. The third-order valence-corrected chi connectivity index (χ3v) is 4.03. The summed E-state index contributed by atoms with van der Waals surface area (Å²) in [6, 6.07) is 12.9. The quantitative estimate of drug-likeness (QED) is 0.532. The molecular formula is C20H18N4O4. The number of oxazole rings is 1. The molecule has 0 atom stereocenters. The summed E-state index contributed by atoms with van der Waals surface area (Å²) in [5, 5.41) is 2.78. The van der Waals surface area contributed by atoms with Crippen molar-refractivity contribution in [2.24, 2.45) is 0 Å². The van der Waals surface area contributed by atoms with Gasteiger partial charge < -0.3 is 23.6 Å². The average molecular weight is 378 g/mol. The fraction of sp³-hybridized carbons (Fsp3) is 0.150. The maximum Gasteiger partial charge on any atom is 0.273 e. The van der Waals surface area contributed by atoms with Crippen LogP contribution in [0.4, 0.5) is 0 Å². The molecule has 3 heterocycles. The molecule has 3 aromatic heterocycles. The third kappa shape index (κ3) is 3.96. The Balaban J connectivity index is 1.33. The van der Waals surface area contributed by atoms with Crippen LogP contribution >= 0.6 is 0 Å². The van der Waals surface area contributed by atoms with Crippen molar-refractivity contribution in [2.75, 3.05) is 7.11 Å². The number of hydrogen-bond donors (Lipinski definition) is 1. The van der Waals surface area contributed by atoms with Crippen molar-refractivity contribution in [1.29, 1.82) is 0 Å². The number of imidazole rings is 1. The molecule has 0 aliphatic heterocycles. The Hall–Kier alpha value is -3.81. The van der Waals surface area contributed by atoms with Crippen LogP contribution in [0, 0.1) is 0 Å². The van der Waals surface area contributed by atoms with Gasteiger partial charge in [-0.3, -0.25) is 4.79 Å². The lowest BCUT2D eigenvalue weighted by Crippen LogP contribution is -2.23. The van der Waals surface area contributed by atoms with Gasteiger partial charge >= 0.3 is 0 Å². The standard InChI is InChI=1S/C20H18N4O4/c1-26-15-5-4-6-16(9-15)27-13-19-23-17(12-28-19)20(25)21-10-14-11-24-8-3-2-7-18(24)22-14/h2-9,11-12H,10,13H2,1H3,(H,21,25). The molecule has 0 saturated carbocycles. The van der Waals surface area contributed by atoms with Crippen molar-refractivity contribution in [3.63, 3.8) is 0 Å². The topological polar surface area (TPSA) is 90.9 Å². The average Bonchev–Trinajstić information content (AvgIpc) is 3.37. The Kier molecular flexibility index (Phi) is 4.92. The molecule has 1 amide bonds. The molecule has 0 spiro atoms. The zero-order valence-corrected chi connectivity index (χ0v) is 15.2. The molecule has 8 nitrogen and oxygen atoms in total. The molecule has 0 aliphatic rings. The van der Waals surface area contributed by atoms with E-state index in [2.05, 4.69) is 15.3 Å². The van der Waals surface area contributed by atoms with Gasteiger partial charge in [-0.15, -0.1) is 0 Å². The van der Waals surface area contributed by atoms with Gasteiger partial charge in [0.15, 0.2) is 12.3 Å². The number of nitrogens with zero attached hydrogens (tertiary/aromatic N) is 3. The van der Waals surface area contributed by atoms with E-state index < -0.39 is 0 Å². The minimum atomic E-state index is -0.339. The molecule has 8 heteroatoms. The number of fused-ring (bicyclic) bond motifs is 1. The number of amides is 1. The number of carbonyl (C=O) groups is 1.